The first kappa shape index (κ1) is 16.6. The number of halogens is 3. The molecule has 0 amide bonds. The molecule has 1 aromatic carbocycles. The van der Waals surface area contributed by atoms with Crippen molar-refractivity contribution < 1.29 is 4.39 Å². The van der Waals surface area contributed by atoms with Crippen LogP contribution < -0.4 is 5.32 Å². The zero-order valence-corrected chi connectivity index (χ0v) is 15.4. The van der Waals surface area contributed by atoms with Gasteiger partial charge >= 0.3 is 0 Å². The summed E-state index contributed by atoms with van der Waals surface area (Å²) >= 11 is 6.88. The monoisotopic (exact) mass is 417 g/mol. The predicted molar refractivity (Wildman–Crippen MR) is 89.9 cm³/mol. The van der Waals surface area contributed by atoms with Crippen LogP contribution in [0.25, 0.3) is 0 Å². The molecule has 0 radical (unpaired) electrons. The van der Waals surface area contributed by atoms with Crippen molar-refractivity contribution in [1.82, 2.24) is 15.1 Å². The number of nitrogens with zero attached hydrogens (tertiary/aromatic N) is 2. The van der Waals surface area contributed by atoms with Gasteiger partial charge in [0.1, 0.15) is 5.82 Å². The van der Waals surface area contributed by atoms with Crippen molar-refractivity contribution in [2.45, 2.75) is 25.8 Å². The predicted octanol–water partition coefficient (Wildman–Crippen LogP) is 4.15. The van der Waals surface area contributed by atoms with Crippen LogP contribution in [0.15, 0.2) is 27.1 Å². The lowest BCUT2D eigenvalue weighted by atomic mass is 10.0. The topological polar surface area (TPSA) is 29.9 Å². The van der Waals surface area contributed by atoms with Gasteiger partial charge in [-0.1, -0.05) is 13.0 Å². The van der Waals surface area contributed by atoms with E-state index in [4.69, 9.17) is 0 Å². The van der Waals surface area contributed by atoms with Crippen molar-refractivity contribution in [3.8, 4) is 0 Å². The van der Waals surface area contributed by atoms with Gasteiger partial charge in [0.25, 0.3) is 0 Å². The summed E-state index contributed by atoms with van der Waals surface area (Å²) in [6.45, 7) is 2.09. The number of likely N-dealkylation sites (N-methyl/N-ethyl adjacent to an activating group) is 1. The van der Waals surface area contributed by atoms with Gasteiger partial charge in [-0.25, -0.2) is 4.39 Å². The van der Waals surface area contributed by atoms with E-state index < -0.39 is 0 Å². The molecule has 1 N–H and O–H groups in total. The molecule has 1 unspecified atom stereocenters. The first-order valence-electron chi connectivity index (χ1n) is 6.80. The Morgan fingerprint density at radius 3 is 2.62 bits per heavy atom. The van der Waals surface area contributed by atoms with Crippen LogP contribution in [-0.4, -0.2) is 16.8 Å². The fourth-order valence-corrected chi connectivity index (χ4v) is 3.53. The second-order valence-corrected chi connectivity index (χ2v) is 6.55. The lowest BCUT2D eigenvalue weighted by molar-refractivity contribution is 0.556. The Hall–Kier alpha value is -0.720. The van der Waals surface area contributed by atoms with E-state index in [1.54, 1.807) is 0 Å². The molecule has 0 fully saturated rings. The molecular formula is C15H18Br2FN3. The molecule has 3 nitrogen and oxygen atoms in total. The van der Waals surface area contributed by atoms with Crippen molar-refractivity contribution in [3.05, 3.63) is 49.9 Å². The van der Waals surface area contributed by atoms with Gasteiger partial charge < -0.3 is 5.32 Å². The Balaban J connectivity index is 2.31. The third-order valence-electron chi connectivity index (χ3n) is 3.59. The van der Waals surface area contributed by atoms with Crippen LogP contribution in [0.2, 0.25) is 0 Å². The molecule has 2 rings (SSSR count). The van der Waals surface area contributed by atoms with E-state index >= 15 is 0 Å². The van der Waals surface area contributed by atoms with E-state index in [-0.39, 0.29) is 11.9 Å². The van der Waals surface area contributed by atoms with Gasteiger partial charge in [-0.15, -0.1) is 0 Å². The standard InChI is InChI=1S/C15H18Br2FN3/c1-4-12-15(17)14(21(3)20-12)8-13(19-2)9-5-6-11(18)10(16)7-9/h5-7,13,19H,4,8H2,1-3H3. The molecule has 0 saturated heterocycles. The van der Waals surface area contributed by atoms with Crippen LogP contribution in [0.3, 0.4) is 0 Å². The highest BCUT2D eigenvalue weighted by molar-refractivity contribution is 9.10. The van der Waals surface area contributed by atoms with Crippen molar-refractivity contribution in [2.75, 3.05) is 7.05 Å². The minimum absolute atomic E-state index is 0.0957. The van der Waals surface area contributed by atoms with Crippen LogP contribution in [0.4, 0.5) is 4.39 Å². The molecule has 0 bridgehead atoms. The fraction of sp³-hybridized carbons (Fsp3) is 0.400. The van der Waals surface area contributed by atoms with E-state index in [0.717, 1.165) is 34.3 Å². The summed E-state index contributed by atoms with van der Waals surface area (Å²) in [6.07, 6.45) is 1.67. The van der Waals surface area contributed by atoms with Crippen molar-refractivity contribution >= 4 is 31.9 Å². The van der Waals surface area contributed by atoms with Gasteiger partial charge in [-0.3, -0.25) is 4.68 Å². The summed E-state index contributed by atoms with van der Waals surface area (Å²) in [4.78, 5) is 0. The maximum absolute atomic E-state index is 13.4. The van der Waals surface area contributed by atoms with Crippen molar-refractivity contribution in [2.24, 2.45) is 7.05 Å². The summed E-state index contributed by atoms with van der Waals surface area (Å²) < 4.78 is 16.8. The molecule has 1 atom stereocenters. The van der Waals surface area contributed by atoms with Crippen molar-refractivity contribution in [1.29, 1.82) is 0 Å². The van der Waals surface area contributed by atoms with Gasteiger partial charge in [0.05, 0.1) is 20.3 Å². The zero-order chi connectivity index (χ0) is 15.6. The Bertz CT molecular complexity index is 640. The average Bonchev–Trinajstić information content (AvgIpc) is 2.74. The van der Waals surface area contributed by atoms with Gasteiger partial charge in [0, 0.05) is 19.5 Å². The number of aryl methyl sites for hydroxylation is 2. The van der Waals surface area contributed by atoms with Gasteiger partial charge in [-0.05, 0) is 63.0 Å². The second-order valence-electron chi connectivity index (χ2n) is 4.90. The quantitative estimate of drug-likeness (QED) is 0.790. The minimum Gasteiger partial charge on any atom is -0.313 e. The summed E-state index contributed by atoms with van der Waals surface area (Å²) in [6, 6.07) is 5.21. The normalized spacial score (nSPS) is 12.7. The number of rotatable bonds is 5. The zero-order valence-electron chi connectivity index (χ0n) is 12.3. The third-order valence-corrected chi connectivity index (χ3v) is 5.12. The first-order chi connectivity index (χ1) is 9.97. The third kappa shape index (κ3) is 3.55. The SMILES string of the molecule is CCc1nn(C)c(CC(NC)c2ccc(F)c(Br)c2)c1Br. The average molecular weight is 419 g/mol. The molecule has 1 aromatic heterocycles. The maximum atomic E-state index is 13.4. The highest BCUT2D eigenvalue weighted by Crippen LogP contribution is 2.28. The molecule has 0 aliphatic carbocycles. The molecule has 6 heteroatoms. The minimum atomic E-state index is -0.247. The van der Waals surface area contributed by atoms with Gasteiger partial charge in [-0.2, -0.15) is 5.10 Å². The summed E-state index contributed by atoms with van der Waals surface area (Å²) in [7, 11) is 3.86. The molecule has 0 saturated carbocycles. The smallest absolute Gasteiger partial charge is 0.137 e. The fourth-order valence-electron chi connectivity index (χ4n) is 2.35. The first-order valence-corrected chi connectivity index (χ1v) is 8.39. The maximum Gasteiger partial charge on any atom is 0.137 e. The molecule has 0 aliphatic rings. The van der Waals surface area contributed by atoms with Crippen LogP contribution in [0.5, 0.6) is 0 Å². The lowest BCUT2D eigenvalue weighted by Gasteiger charge is -2.17. The highest BCUT2D eigenvalue weighted by Gasteiger charge is 2.18. The molecule has 21 heavy (non-hydrogen) atoms. The van der Waals surface area contributed by atoms with E-state index in [9.17, 15) is 4.39 Å². The summed E-state index contributed by atoms with van der Waals surface area (Å²) in [5.41, 5.74) is 3.23. The lowest BCUT2D eigenvalue weighted by Crippen LogP contribution is -2.20. The Morgan fingerprint density at radius 1 is 1.38 bits per heavy atom. The largest absolute Gasteiger partial charge is 0.313 e. The van der Waals surface area contributed by atoms with Crippen LogP contribution in [-0.2, 0) is 19.9 Å². The van der Waals surface area contributed by atoms with Crippen molar-refractivity contribution in [3.63, 3.8) is 0 Å². The summed E-state index contributed by atoms with van der Waals surface area (Å²) in [5.74, 6) is -0.247. The van der Waals surface area contributed by atoms with Gasteiger partial charge in [0.2, 0.25) is 0 Å². The number of nitrogens with one attached hydrogen (secondary N) is 1. The molecule has 2 aromatic rings. The number of hydrogen-bond donors (Lipinski definition) is 1. The van der Waals surface area contributed by atoms with E-state index in [2.05, 4.69) is 49.2 Å². The molecule has 0 spiro atoms. The number of hydrogen-bond acceptors (Lipinski definition) is 2. The van der Waals surface area contributed by atoms with E-state index in [1.165, 1.54) is 6.07 Å². The molecular weight excluding hydrogens is 401 g/mol. The number of benzene rings is 1. The number of aromatic nitrogens is 2. The van der Waals surface area contributed by atoms with Gasteiger partial charge in [0.15, 0.2) is 0 Å². The Labute approximate surface area is 141 Å². The molecule has 0 aliphatic heterocycles. The Morgan fingerprint density at radius 2 is 2.10 bits per heavy atom. The Kier molecular flexibility index (Phi) is 5.57. The summed E-state index contributed by atoms with van der Waals surface area (Å²) in [5, 5.41) is 7.80. The second kappa shape index (κ2) is 7.03. The van der Waals surface area contributed by atoms with E-state index in [0.29, 0.717) is 4.47 Å². The van der Waals surface area contributed by atoms with Crippen LogP contribution >= 0.6 is 31.9 Å². The van der Waals surface area contributed by atoms with Crippen LogP contribution in [0.1, 0.15) is 29.9 Å². The highest BCUT2D eigenvalue weighted by atomic mass is 79.9. The van der Waals surface area contributed by atoms with E-state index in [1.807, 2.05) is 30.9 Å². The molecule has 114 valence electrons. The van der Waals surface area contributed by atoms with Crippen LogP contribution in [0, 0.1) is 5.82 Å². The molecule has 1 heterocycles.